The lowest BCUT2D eigenvalue weighted by Gasteiger charge is -2.03. The minimum atomic E-state index is -0.295. The predicted octanol–water partition coefficient (Wildman–Crippen LogP) is 1.25. The third-order valence-corrected chi connectivity index (χ3v) is 4.28. The lowest BCUT2D eigenvalue weighted by Crippen LogP contribution is -2.27. The van der Waals surface area contributed by atoms with Crippen molar-refractivity contribution in [1.29, 1.82) is 0 Å². The molecule has 8 nitrogen and oxygen atoms in total. The summed E-state index contributed by atoms with van der Waals surface area (Å²) in [6, 6.07) is 5.95. The Labute approximate surface area is 152 Å². The molecule has 0 aliphatic heterocycles. The van der Waals surface area contributed by atoms with Crippen molar-refractivity contribution in [2.75, 3.05) is 6.54 Å². The molecule has 138 valence electrons. The second-order valence-corrected chi connectivity index (χ2v) is 6.32. The van der Waals surface area contributed by atoms with Gasteiger partial charge in [0.2, 0.25) is 5.91 Å². The fourth-order valence-corrected chi connectivity index (χ4v) is 3.02. The average Bonchev–Trinajstić information content (AvgIpc) is 3.18. The van der Waals surface area contributed by atoms with Gasteiger partial charge in [-0.15, -0.1) is 0 Å². The number of fused-ring (bicyclic) bond motifs is 2. The highest BCUT2D eigenvalue weighted by Crippen LogP contribution is 2.19. The van der Waals surface area contributed by atoms with Gasteiger partial charge in [0.1, 0.15) is 11.6 Å². The molecule has 3 aromatic heterocycles. The van der Waals surface area contributed by atoms with E-state index in [9.17, 15) is 14.0 Å². The lowest BCUT2D eigenvalue weighted by molar-refractivity contribution is -0.120. The van der Waals surface area contributed by atoms with Gasteiger partial charge in [-0.25, -0.2) is 9.37 Å². The van der Waals surface area contributed by atoms with Gasteiger partial charge in [0, 0.05) is 35.4 Å². The quantitative estimate of drug-likeness (QED) is 0.493. The Balaban J connectivity index is 1.39. The predicted molar refractivity (Wildman–Crippen MR) is 97.0 cm³/mol. The first kappa shape index (κ1) is 17.0. The van der Waals surface area contributed by atoms with Crippen LogP contribution in [0.25, 0.3) is 16.7 Å². The first-order chi connectivity index (χ1) is 13.0. The summed E-state index contributed by atoms with van der Waals surface area (Å²) >= 11 is 0. The van der Waals surface area contributed by atoms with Crippen LogP contribution in [0.2, 0.25) is 0 Å². The average molecular weight is 368 g/mol. The number of hydrogen-bond donors (Lipinski definition) is 3. The van der Waals surface area contributed by atoms with E-state index in [0.29, 0.717) is 24.5 Å². The maximum absolute atomic E-state index is 13.4. The minimum absolute atomic E-state index is 0.00433. The van der Waals surface area contributed by atoms with Gasteiger partial charge in [-0.3, -0.25) is 14.7 Å². The van der Waals surface area contributed by atoms with Gasteiger partial charge in [0.05, 0.1) is 6.42 Å². The third-order valence-electron chi connectivity index (χ3n) is 4.28. The van der Waals surface area contributed by atoms with Gasteiger partial charge in [-0.1, -0.05) is 0 Å². The molecule has 3 heterocycles. The standard InChI is InChI=1S/C18H17FN6O2/c1-10-6-17(27)25-18(22-10)23-15(24-25)8-16(26)20-5-4-11-9-21-14-3-2-12(19)7-13(11)14/h2-3,6-7,9,21H,4-5,8H2,1H3,(H,20,26)(H,22,23,24). The second kappa shape index (κ2) is 6.67. The fourth-order valence-electron chi connectivity index (χ4n) is 3.02. The zero-order valence-electron chi connectivity index (χ0n) is 14.5. The number of halogens is 1. The Morgan fingerprint density at radius 2 is 2.15 bits per heavy atom. The number of aromatic amines is 2. The first-order valence-electron chi connectivity index (χ1n) is 8.47. The highest BCUT2D eigenvalue weighted by atomic mass is 19.1. The molecule has 9 heteroatoms. The molecule has 0 saturated carbocycles. The number of H-pyrrole nitrogens is 2. The topological polar surface area (TPSA) is 108 Å². The molecular weight excluding hydrogens is 351 g/mol. The molecule has 0 unspecified atom stereocenters. The van der Waals surface area contributed by atoms with Crippen molar-refractivity contribution in [3.63, 3.8) is 0 Å². The van der Waals surface area contributed by atoms with E-state index in [2.05, 4.69) is 25.4 Å². The number of nitrogens with zero attached hydrogens (tertiary/aromatic N) is 3. The zero-order valence-corrected chi connectivity index (χ0v) is 14.5. The van der Waals surface area contributed by atoms with E-state index >= 15 is 0 Å². The van der Waals surface area contributed by atoms with Crippen molar-refractivity contribution in [3.8, 4) is 0 Å². The number of carbonyl (C=O) groups excluding carboxylic acids is 1. The smallest absolute Gasteiger partial charge is 0.274 e. The highest BCUT2D eigenvalue weighted by Gasteiger charge is 2.11. The van der Waals surface area contributed by atoms with E-state index in [1.54, 1.807) is 13.0 Å². The lowest BCUT2D eigenvalue weighted by atomic mass is 10.1. The number of aromatic nitrogens is 5. The summed E-state index contributed by atoms with van der Waals surface area (Å²) in [4.78, 5) is 35.4. The van der Waals surface area contributed by atoms with Gasteiger partial charge in [-0.2, -0.15) is 9.50 Å². The fraction of sp³-hybridized carbons (Fsp3) is 0.222. The summed E-state index contributed by atoms with van der Waals surface area (Å²) in [5.41, 5.74) is 2.08. The Morgan fingerprint density at radius 3 is 3.00 bits per heavy atom. The van der Waals surface area contributed by atoms with E-state index in [-0.39, 0.29) is 29.5 Å². The SMILES string of the molecule is Cc1cc(=O)n2[nH]c(CC(=O)NCCc3c[nH]c4ccc(F)cc34)nc2n1. The van der Waals surface area contributed by atoms with Crippen LogP contribution in [0.15, 0.2) is 35.3 Å². The number of nitrogens with one attached hydrogen (secondary N) is 3. The molecule has 1 amide bonds. The van der Waals surface area contributed by atoms with Crippen LogP contribution < -0.4 is 10.9 Å². The molecule has 4 rings (SSSR count). The van der Waals surface area contributed by atoms with E-state index in [1.807, 2.05) is 6.20 Å². The normalized spacial score (nSPS) is 11.3. The summed E-state index contributed by atoms with van der Waals surface area (Å²) in [6.07, 6.45) is 2.38. The van der Waals surface area contributed by atoms with Gasteiger partial charge >= 0.3 is 0 Å². The Morgan fingerprint density at radius 1 is 1.30 bits per heavy atom. The summed E-state index contributed by atoms with van der Waals surface area (Å²) in [7, 11) is 0. The molecule has 0 atom stereocenters. The Bertz CT molecular complexity index is 1210. The molecule has 0 fully saturated rings. The van der Waals surface area contributed by atoms with Crippen LogP contribution in [0.1, 0.15) is 17.1 Å². The maximum atomic E-state index is 13.4. The molecule has 0 radical (unpaired) electrons. The number of benzene rings is 1. The monoisotopic (exact) mass is 368 g/mol. The van der Waals surface area contributed by atoms with Crippen LogP contribution in [-0.2, 0) is 17.6 Å². The van der Waals surface area contributed by atoms with Crippen LogP contribution >= 0.6 is 0 Å². The van der Waals surface area contributed by atoms with Crippen molar-refractivity contribution < 1.29 is 9.18 Å². The van der Waals surface area contributed by atoms with Crippen molar-refractivity contribution in [1.82, 2.24) is 29.9 Å². The molecule has 0 spiro atoms. The second-order valence-electron chi connectivity index (χ2n) is 6.32. The molecule has 0 aliphatic carbocycles. The molecule has 4 aromatic rings. The Hall–Kier alpha value is -3.49. The van der Waals surface area contributed by atoms with Gasteiger partial charge < -0.3 is 10.3 Å². The van der Waals surface area contributed by atoms with Crippen LogP contribution in [0.4, 0.5) is 4.39 Å². The van der Waals surface area contributed by atoms with E-state index in [4.69, 9.17) is 0 Å². The van der Waals surface area contributed by atoms with Crippen molar-refractivity contribution in [2.24, 2.45) is 0 Å². The van der Waals surface area contributed by atoms with Crippen LogP contribution in [0.5, 0.6) is 0 Å². The molecule has 0 aliphatic rings. The molecule has 0 bridgehead atoms. The number of hydrogen-bond acceptors (Lipinski definition) is 4. The van der Waals surface area contributed by atoms with Gasteiger partial charge in [0.25, 0.3) is 11.3 Å². The van der Waals surface area contributed by atoms with Gasteiger partial charge in [-0.05, 0) is 37.1 Å². The molecule has 3 N–H and O–H groups in total. The van der Waals surface area contributed by atoms with Gasteiger partial charge in [0.15, 0.2) is 0 Å². The van der Waals surface area contributed by atoms with E-state index in [0.717, 1.165) is 16.5 Å². The highest BCUT2D eigenvalue weighted by molar-refractivity contribution is 5.83. The summed E-state index contributed by atoms with van der Waals surface area (Å²) in [5, 5.41) is 6.39. The van der Waals surface area contributed by atoms with E-state index in [1.165, 1.54) is 22.7 Å². The number of amides is 1. The Kier molecular flexibility index (Phi) is 4.19. The van der Waals surface area contributed by atoms with Crippen molar-refractivity contribution in [2.45, 2.75) is 19.8 Å². The molecule has 1 aromatic carbocycles. The van der Waals surface area contributed by atoms with Crippen molar-refractivity contribution in [3.05, 3.63) is 63.7 Å². The van der Waals surface area contributed by atoms with Crippen LogP contribution in [0, 0.1) is 12.7 Å². The molecular formula is C18H17FN6O2. The first-order valence-corrected chi connectivity index (χ1v) is 8.47. The van der Waals surface area contributed by atoms with E-state index < -0.39 is 0 Å². The molecule has 0 saturated heterocycles. The largest absolute Gasteiger partial charge is 0.361 e. The third kappa shape index (κ3) is 3.43. The van der Waals surface area contributed by atoms with Crippen LogP contribution in [0.3, 0.4) is 0 Å². The maximum Gasteiger partial charge on any atom is 0.274 e. The minimum Gasteiger partial charge on any atom is -0.361 e. The van der Waals surface area contributed by atoms with Crippen molar-refractivity contribution >= 4 is 22.6 Å². The summed E-state index contributed by atoms with van der Waals surface area (Å²) in [6.45, 7) is 2.11. The number of rotatable bonds is 5. The number of aryl methyl sites for hydroxylation is 1. The summed E-state index contributed by atoms with van der Waals surface area (Å²) < 4.78 is 14.6. The zero-order chi connectivity index (χ0) is 19.0. The number of carbonyl (C=O) groups is 1. The molecule has 27 heavy (non-hydrogen) atoms. The van der Waals surface area contributed by atoms with Crippen LogP contribution in [-0.4, -0.2) is 37.0 Å². The summed E-state index contributed by atoms with van der Waals surface area (Å²) in [5.74, 6) is 0.0710.